The zero-order chi connectivity index (χ0) is 20.5. The topological polar surface area (TPSA) is 63.0 Å². The Bertz CT molecular complexity index is 1040. The number of ether oxygens (including phenoxy) is 1. The number of amides is 1. The van der Waals surface area contributed by atoms with Gasteiger partial charge in [-0.15, -0.1) is 0 Å². The summed E-state index contributed by atoms with van der Waals surface area (Å²) in [4.78, 5) is 20.7. The maximum Gasteiger partial charge on any atom is 0.410 e. The summed E-state index contributed by atoms with van der Waals surface area (Å²) in [6.07, 6.45) is 3.15. The highest BCUT2D eigenvalue weighted by atomic mass is 19.1. The van der Waals surface area contributed by atoms with E-state index in [0.29, 0.717) is 37.4 Å². The predicted octanol–water partition coefficient (Wildman–Crippen LogP) is 3.51. The number of piperazine rings is 1. The van der Waals surface area contributed by atoms with Gasteiger partial charge in [0.2, 0.25) is 0 Å². The second kappa shape index (κ2) is 7.69. The third kappa shape index (κ3) is 3.87. The smallest absolute Gasteiger partial charge is 0.410 e. The van der Waals surface area contributed by atoms with Gasteiger partial charge in [-0.05, 0) is 44.0 Å². The van der Waals surface area contributed by atoms with Crippen LogP contribution in [-0.4, -0.2) is 57.9 Å². The SMILES string of the molecule is Cc1ccc(-c2cnn3ccc(N4CCN(C(=O)OC(C)C)CC4)nc23)cc1F. The number of carbonyl (C=O) groups is 1. The molecule has 0 spiro atoms. The van der Waals surface area contributed by atoms with Gasteiger partial charge in [0.15, 0.2) is 5.65 Å². The van der Waals surface area contributed by atoms with Crippen LogP contribution in [0.25, 0.3) is 16.8 Å². The average Bonchev–Trinajstić information content (AvgIpc) is 3.13. The molecule has 0 atom stereocenters. The molecule has 2 aromatic heterocycles. The summed E-state index contributed by atoms with van der Waals surface area (Å²) in [6.45, 7) is 7.91. The van der Waals surface area contributed by atoms with Crippen molar-refractivity contribution in [2.75, 3.05) is 31.1 Å². The van der Waals surface area contributed by atoms with Gasteiger partial charge in [-0.25, -0.2) is 18.7 Å². The molecule has 1 saturated heterocycles. The first-order chi connectivity index (χ1) is 13.9. The van der Waals surface area contributed by atoms with Gasteiger partial charge < -0.3 is 14.5 Å². The lowest BCUT2D eigenvalue weighted by molar-refractivity contribution is 0.0751. The Morgan fingerprint density at radius 1 is 1.17 bits per heavy atom. The van der Waals surface area contributed by atoms with Crippen LogP contribution < -0.4 is 4.90 Å². The summed E-state index contributed by atoms with van der Waals surface area (Å²) in [7, 11) is 0. The van der Waals surface area contributed by atoms with Gasteiger partial charge in [0, 0.05) is 37.9 Å². The van der Waals surface area contributed by atoms with Crippen LogP contribution in [0.5, 0.6) is 0 Å². The maximum absolute atomic E-state index is 14.0. The summed E-state index contributed by atoms with van der Waals surface area (Å²) in [5, 5.41) is 4.34. The molecular formula is C21H24FN5O2. The fourth-order valence-corrected chi connectivity index (χ4v) is 3.39. The Morgan fingerprint density at radius 2 is 1.93 bits per heavy atom. The summed E-state index contributed by atoms with van der Waals surface area (Å²) in [5.74, 6) is 0.561. The normalized spacial score (nSPS) is 14.7. The Morgan fingerprint density at radius 3 is 2.62 bits per heavy atom. The lowest BCUT2D eigenvalue weighted by atomic mass is 10.1. The number of aromatic nitrogens is 3. The lowest BCUT2D eigenvalue weighted by Gasteiger charge is -2.35. The lowest BCUT2D eigenvalue weighted by Crippen LogP contribution is -2.49. The van der Waals surface area contributed by atoms with Crippen molar-refractivity contribution in [3.63, 3.8) is 0 Å². The zero-order valence-electron chi connectivity index (χ0n) is 16.8. The molecule has 3 aromatic rings. The third-order valence-corrected chi connectivity index (χ3v) is 5.04. The van der Waals surface area contributed by atoms with E-state index in [1.165, 1.54) is 6.07 Å². The first kappa shape index (κ1) is 19.2. The zero-order valence-corrected chi connectivity index (χ0v) is 16.8. The van der Waals surface area contributed by atoms with Gasteiger partial charge >= 0.3 is 6.09 Å². The molecule has 3 heterocycles. The Kier molecular flexibility index (Phi) is 5.08. The van der Waals surface area contributed by atoms with Gasteiger partial charge in [0.1, 0.15) is 11.6 Å². The second-order valence-electron chi connectivity index (χ2n) is 7.48. The van der Waals surface area contributed by atoms with Crippen molar-refractivity contribution in [2.24, 2.45) is 0 Å². The molecule has 7 nitrogen and oxygen atoms in total. The van der Waals surface area contributed by atoms with E-state index in [1.54, 1.807) is 28.6 Å². The van der Waals surface area contributed by atoms with Gasteiger partial charge in [-0.1, -0.05) is 12.1 Å². The molecule has 0 unspecified atom stereocenters. The Balaban J connectivity index is 1.55. The molecule has 0 bridgehead atoms. The van der Waals surface area contributed by atoms with Crippen molar-refractivity contribution >= 4 is 17.6 Å². The number of benzene rings is 1. The van der Waals surface area contributed by atoms with Crippen molar-refractivity contribution < 1.29 is 13.9 Å². The minimum absolute atomic E-state index is 0.128. The largest absolute Gasteiger partial charge is 0.447 e. The van der Waals surface area contributed by atoms with Crippen molar-refractivity contribution in [1.82, 2.24) is 19.5 Å². The number of rotatable bonds is 3. The van der Waals surface area contributed by atoms with Crippen LogP contribution in [0.15, 0.2) is 36.7 Å². The fraction of sp³-hybridized carbons (Fsp3) is 0.381. The first-order valence-corrected chi connectivity index (χ1v) is 9.74. The molecule has 0 aliphatic carbocycles. The van der Waals surface area contributed by atoms with Crippen molar-refractivity contribution in [3.05, 3.63) is 48.0 Å². The average molecular weight is 397 g/mol. The van der Waals surface area contributed by atoms with E-state index in [-0.39, 0.29) is 18.0 Å². The summed E-state index contributed by atoms with van der Waals surface area (Å²) in [6, 6.07) is 7.05. The third-order valence-electron chi connectivity index (χ3n) is 5.04. The van der Waals surface area contributed by atoms with Gasteiger partial charge in [-0.2, -0.15) is 5.10 Å². The standard InChI is InChI=1S/C21H24FN5O2/c1-14(2)29-21(28)26-10-8-25(9-11-26)19-6-7-27-20(24-19)17(13-23-27)16-5-4-15(3)18(22)12-16/h4-7,12-14H,8-11H2,1-3H3. The van der Waals surface area contributed by atoms with Crippen LogP contribution in [-0.2, 0) is 4.74 Å². The van der Waals surface area contributed by atoms with Crippen molar-refractivity contribution in [3.8, 4) is 11.1 Å². The molecule has 1 aromatic carbocycles. The molecule has 0 radical (unpaired) electrons. The molecule has 1 fully saturated rings. The van der Waals surface area contributed by atoms with E-state index in [2.05, 4.69) is 10.00 Å². The number of nitrogens with zero attached hydrogens (tertiary/aromatic N) is 5. The highest BCUT2D eigenvalue weighted by Gasteiger charge is 2.24. The molecule has 29 heavy (non-hydrogen) atoms. The number of carbonyl (C=O) groups excluding carboxylic acids is 1. The Labute approximate surface area is 168 Å². The fourth-order valence-electron chi connectivity index (χ4n) is 3.39. The van der Waals surface area contributed by atoms with Crippen LogP contribution >= 0.6 is 0 Å². The number of halogens is 1. The number of hydrogen-bond acceptors (Lipinski definition) is 5. The monoisotopic (exact) mass is 397 g/mol. The van der Waals surface area contributed by atoms with E-state index >= 15 is 0 Å². The maximum atomic E-state index is 14.0. The number of fused-ring (bicyclic) bond motifs is 1. The molecule has 1 aliphatic rings. The number of anilines is 1. The van der Waals surface area contributed by atoms with E-state index < -0.39 is 0 Å². The van der Waals surface area contributed by atoms with Crippen LogP contribution in [0.2, 0.25) is 0 Å². The minimum atomic E-state index is -0.275. The predicted molar refractivity (Wildman–Crippen MR) is 109 cm³/mol. The van der Waals surface area contributed by atoms with Gasteiger partial charge in [0.25, 0.3) is 0 Å². The van der Waals surface area contributed by atoms with Crippen LogP contribution in [0, 0.1) is 12.7 Å². The van der Waals surface area contributed by atoms with E-state index in [1.807, 2.05) is 32.2 Å². The highest BCUT2D eigenvalue weighted by Crippen LogP contribution is 2.26. The van der Waals surface area contributed by atoms with E-state index in [4.69, 9.17) is 9.72 Å². The van der Waals surface area contributed by atoms with E-state index in [9.17, 15) is 9.18 Å². The summed E-state index contributed by atoms with van der Waals surface area (Å²) >= 11 is 0. The number of hydrogen-bond donors (Lipinski definition) is 0. The van der Waals surface area contributed by atoms with Crippen LogP contribution in [0.3, 0.4) is 0 Å². The van der Waals surface area contributed by atoms with Gasteiger partial charge in [-0.3, -0.25) is 0 Å². The molecule has 0 saturated carbocycles. The minimum Gasteiger partial charge on any atom is -0.447 e. The number of aryl methyl sites for hydroxylation is 1. The van der Waals surface area contributed by atoms with Crippen LogP contribution in [0.1, 0.15) is 19.4 Å². The van der Waals surface area contributed by atoms with E-state index in [0.717, 1.165) is 16.9 Å². The molecule has 1 amide bonds. The first-order valence-electron chi connectivity index (χ1n) is 9.74. The molecule has 8 heteroatoms. The molecule has 0 N–H and O–H groups in total. The summed E-state index contributed by atoms with van der Waals surface area (Å²) < 4.78 is 21.0. The summed E-state index contributed by atoms with van der Waals surface area (Å²) in [5.41, 5.74) is 2.80. The Hall–Kier alpha value is -3.16. The van der Waals surface area contributed by atoms with Crippen molar-refractivity contribution in [2.45, 2.75) is 26.9 Å². The van der Waals surface area contributed by atoms with Crippen LogP contribution in [0.4, 0.5) is 15.0 Å². The quantitative estimate of drug-likeness (QED) is 0.677. The van der Waals surface area contributed by atoms with Crippen molar-refractivity contribution in [1.29, 1.82) is 0 Å². The van der Waals surface area contributed by atoms with Gasteiger partial charge in [0.05, 0.1) is 12.3 Å². The molecule has 152 valence electrons. The molecule has 1 aliphatic heterocycles. The highest BCUT2D eigenvalue weighted by molar-refractivity contribution is 5.78. The second-order valence-corrected chi connectivity index (χ2v) is 7.48. The molecule has 4 rings (SSSR count). The molecular weight excluding hydrogens is 373 g/mol.